The molecule has 3 N–H and O–H groups in total. The maximum absolute atomic E-state index is 12.6. The summed E-state index contributed by atoms with van der Waals surface area (Å²) < 4.78 is 0.447. The van der Waals surface area contributed by atoms with E-state index >= 15 is 0 Å². The summed E-state index contributed by atoms with van der Waals surface area (Å²) in [5.74, 6) is 0.353. The Kier molecular flexibility index (Phi) is 8.15. The van der Waals surface area contributed by atoms with Gasteiger partial charge in [0.25, 0.3) is 5.91 Å². The molecule has 1 aromatic rings. The molecule has 0 bridgehead atoms. The van der Waals surface area contributed by atoms with Crippen LogP contribution in [0.1, 0.15) is 25.8 Å². The molecule has 0 atom stereocenters. The van der Waals surface area contributed by atoms with E-state index in [9.17, 15) is 4.79 Å². The standard InChI is InChI=1S/C19H26N4O2S2/c1-4-10-20-14(3)21-23-18(25)17(27-19(23)26)13-15-6-8-16(9-7-15)22(5-2)11-12-24/h6-9,13,20-21,24H,3-5,10-12H2,1-2H3/b17-13+. The average molecular weight is 407 g/mol. The molecule has 1 fully saturated rings. The smallest absolute Gasteiger partial charge is 0.285 e. The lowest BCUT2D eigenvalue weighted by Gasteiger charge is -2.22. The third kappa shape index (κ3) is 5.72. The van der Waals surface area contributed by atoms with Crippen molar-refractivity contribution in [3.8, 4) is 0 Å². The molecule has 0 aliphatic carbocycles. The van der Waals surface area contributed by atoms with Crippen molar-refractivity contribution in [1.82, 2.24) is 15.8 Å². The first-order valence-corrected chi connectivity index (χ1v) is 10.2. The molecule has 1 saturated heterocycles. The number of nitrogens with one attached hydrogen (secondary N) is 2. The van der Waals surface area contributed by atoms with Crippen molar-refractivity contribution < 1.29 is 9.90 Å². The molecule has 0 radical (unpaired) electrons. The number of thiocarbonyl (C=S) groups is 1. The van der Waals surface area contributed by atoms with E-state index in [1.54, 1.807) is 0 Å². The average Bonchev–Trinajstić information content (AvgIpc) is 2.92. The number of thioether (sulfide) groups is 1. The van der Waals surface area contributed by atoms with Crippen LogP contribution >= 0.6 is 24.0 Å². The van der Waals surface area contributed by atoms with Gasteiger partial charge in [0.05, 0.1) is 11.5 Å². The van der Waals surface area contributed by atoms with Crippen LogP contribution in [0.3, 0.4) is 0 Å². The third-order valence-corrected chi connectivity index (χ3v) is 5.24. The Morgan fingerprint density at radius 2 is 2.07 bits per heavy atom. The maximum atomic E-state index is 12.6. The summed E-state index contributed by atoms with van der Waals surface area (Å²) in [6, 6.07) is 7.88. The number of hydrazine groups is 1. The van der Waals surface area contributed by atoms with E-state index in [4.69, 9.17) is 17.3 Å². The largest absolute Gasteiger partial charge is 0.395 e. The number of likely N-dealkylation sites (N-methyl/N-ethyl adjacent to an activating group) is 1. The Hall–Kier alpha value is -2.03. The highest BCUT2D eigenvalue weighted by Crippen LogP contribution is 2.31. The van der Waals surface area contributed by atoms with E-state index in [0.717, 1.165) is 30.8 Å². The van der Waals surface area contributed by atoms with E-state index in [0.29, 0.717) is 21.6 Å². The molecular weight excluding hydrogens is 380 g/mol. The van der Waals surface area contributed by atoms with Gasteiger partial charge in [0, 0.05) is 25.3 Å². The molecule has 8 heteroatoms. The van der Waals surface area contributed by atoms with Crippen LogP contribution in [0.4, 0.5) is 5.69 Å². The molecule has 0 spiro atoms. The zero-order valence-corrected chi connectivity index (χ0v) is 17.3. The van der Waals surface area contributed by atoms with Gasteiger partial charge in [0.15, 0.2) is 4.32 Å². The molecule has 1 aliphatic heterocycles. The first-order chi connectivity index (χ1) is 13.0. The monoisotopic (exact) mass is 406 g/mol. The van der Waals surface area contributed by atoms with Crippen molar-refractivity contribution in [2.45, 2.75) is 20.3 Å². The third-order valence-electron chi connectivity index (χ3n) is 3.94. The van der Waals surface area contributed by atoms with Gasteiger partial charge >= 0.3 is 0 Å². The first-order valence-electron chi connectivity index (χ1n) is 8.93. The molecule has 27 heavy (non-hydrogen) atoms. The highest BCUT2D eigenvalue weighted by molar-refractivity contribution is 8.26. The quantitative estimate of drug-likeness (QED) is 0.408. The molecule has 1 amide bonds. The van der Waals surface area contributed by atoms with E-state index in [-0.39, 0.29) is 12.5 Å². The lowest BCUT2D eigenvalue weighted by atomic mass is 10.1. The van der Waals surface area contributed by atoms with Crippen molar-refractivity contribution in [1.29, 1.82) is 0 Å². The van der Waals surface area contributed by atoms with Crippen LogP contribution in [0.5, 0.6) is 0 Å². The molecule has 0 saturated carbocycles. The minimum atomic E-state index is -0.191. The predicted octanol–water partition coefficient (Wildman–Crippen LogP) is 2.68. The van der Waals surface area contributed by atoms with Gasteiger partial charge < -0.3 is 15.3 Å². The van der Waals surface area contributed by atoms with Gasteiger partial charge in [-0.2, -0.15) is 5.01 Å². The molecule has 0 aromatic heterocycles. The van der Waals surface area contributed by atoms with Crippen molar-refractivity contribution in [2.75, 3.05) is 31.1 Å². The van der Waals surface area contributed by atoms with Crippen molar-refractivity contribution >= 4 is 46.0 Å². The van der Waals surface area contributed by atoms with Gasteiger partial charge in [-0.05, 0) is 49.3 Å². The zero-order valence-electron chi connectivity index (χ0n) is 15.7. The SMILES string of the molecule is C=C(NCCC)NN1C(=O)/C(=C\c2ccc(N(CC)CCO)cc2)SC1=S. The highest BCUT2D eigenvalue weighted by Gasteiger charge is 2.32. The number of rotatable bonds is 10. The van der Waals surface area contributed by atoms with Gasteiger partial charge in [0.1, 0.15) is 5.82 Å². The second-order valence-electron chi connectivity index (χ2n) is 5.93. The van der Waals surface area contributed by atoms with Crippen molar-refractivity contribution in [2.24, 2.45) is 0 Å². The molecule has 2 rings (SSSR count). The fourth-order valence-electron chi connectivity index (χ4n) is 2.54. The van der Waals surface area contributed by atoms with Gasteiger partial charge in [-0.3, -0.25) is 10.2 Å². The van der Waals surface area contributed by atoms with Gasteiger partial charge in [-0.25, -0.2) is 0 Å². The lowest BCUT2D eigenvalue weighted by Crippen LogP contribution is -2.43. The van der Waals surface area contributed by atoms with Crippen LogP contribution in [0, 0.1) is 0 Å². The summed E-state index contributed by atoms with van der Waals surface area (Å²) in [7, 11) is 0. The number of nitrogens with zero attached hydrogens (tertiary/aromatic N) is 2. The number of amides is 1. The van der Waals surface area contributed by atoms with E-state index < -0.39 is 0 Å². The normalized spacial score (nSPS) is 15.4. The second-order valence-corrected chi connectivity index (χ2v) is 7.60. The number of carbonyl (C=O) groups is 1. The minimum absolute atomic E-state index is 0.115. The molecule has 146 valence electrons. The van der Waals surface area contributed by atoms with E-state index in [2.05, 4.69) is 29.1 Å². The number of benzene rings is 1. The van der Waals surface area contributed by atoms with Crippen LogP contribution in [-0.2, 0) is 4.79 Å². The summed E-state index contributed by atoms with van der Waals surface area (Å²) in [6.07, 6.45) is 2.79. The van der Waals surface area contributed by atoms with Gasteiger partial charge in [-0.1, -0.05) is 37.4 Å². The van der Waals surface area contributed by atoms with Gasteiger partial charge in [0.2, 0.25) is 0 Å². The first kappa shape index (κ1) is 21.3. The fourth-order valence-corrected chi connectivity index (χ4v) is 3.72. The number of anilines is 1. The topological polar surface area (TPSA) is 67.8 Å². The molecule has 1 heterocycles. The van der Waals surface area contributed by atoms with Crippen LogP contribution in [0.25, 0.3) is 6.08 Å². The molecule has 1 aliphatic rings. The number of hydrogen-bond donors (Lipinski definition) is 3. The van der Waals surface area contributed by atoms with Crippen molar-refractivity contribution in [3.05, 3.63) is 47.1 Å². The second kappa shape index (κ2) is 10.3. The summed E-state index contributed by atoms with van der Waals surface area (Å²) in [6.45, 7) is 10.3. The summed E-state index contributed by atoms with van der Waals surface area (Å²) in [5.41, 5.74) is 4.88. The van der Waals surface area contributed by atoms with Crippen molar-refractivity contribution in [3.63, 3.8) is 0 Å². The predicted molar refractivity (Wildman–Crippen MR) is 117 cm³/mol. The minimum Gasteiger partial charge on any atom is -0.395 e. The summed E-state index contributed by atoms with van der Waals surface area (Å²) in [4.78, 5) is 15.3. The molecule has 6 nitrogen and oxygen atoms in total. The van der Waals surface area contributed by atoms with Gasteiger partial charge in [-0.15, -0.1) is 0 Å². The lowest BCUT2D eigenvalue weighted by molar-refractivity contribution is -0.123. The zero-order chi connectivity index (χ0) is 19.8. The molecular formula is C19H26N4O2S2. The summed E-state index contributed by atoms with van der Waals surface area (Å²) in [5, 5.41) is 13.6. The number of hydrogen-bond acceptors (Lipinski definition) is 7. The number of aliphatic hydroxyl groups excluding tert-OH is 1. The van der Waals surface area contributed by atoms with Crippen LogP contribution in [0.2, 0.25) is 0 Å². The molecule has 1 aromatic carbocycles. The Balaban J connectivity index is 2.07. The Morgan fingerprint density at radius 1 is 1.37 bits per heavy atom. The Morgan fingerprint density at radius 3 is 2.67 bits per heavy atom. The van der Waals surface area contributed by atoms with E-state index in [1.165, 1.54) is 16.8 Å². The number of carbonyl (C=O) groups excluding carboxylic acids is 1. The maximum Gasteiger partial charge on any atom is 0.285 e. The fraction of sp³-hybridized carbons (Fsp3) is 0.368. The van der Waals surface area contributed by atoms with Crippen LogP contribution in [-0.4, -0.2) is 46.6 Å². The summed E-state index contributed by atoms with van der Waals surface area (Å²) >= 11 is 6.57. The highest BCUT2D eigenvalue weighted by atomic mass is 32.2. The van der Waals surface area contributed by atoms with E-state index in [1.807, 2.05) is 37.3 Å². The van der Waals surface area contributed by atoms with Crippen LogP contribution < -0.4 is 15.6 Å². The number of aliphatic hydroxyl groups is 1. The Bertz CT molecular complexity index is 719. The van der Waals surface area contributed by atoms with Crippen LogP contribution in [0.15, 0.2) is 41.6 Å². The Labute approximate surface area is 170 Å². The molecule has 0 unspecified atom stereocenters.